The molecule has 0 aromatic heterocycles. The maximum Gasteiger partial charge on any atom is 0.303 e. The van der Waals surface area contributed by atoms with E-state index in [2.05, 4.69) is 13.0 Å². The Hall–Kier alpha value is -2.97. The number of imide groups is 1. The minimum Gasteiger partial charge on any atom is -0.507 e. The van der Waals surface area contributed by atoms with E-state index in [1.165, 1.54) is 10.5 Å². The number of aryl methyl sites for hydroxylation is 2. The van der Waals surface area contributed by atoms with Crippen molar-refractivity contribution in [3.05, 3.63) is 45.5 Å². The van der Waals surface area contributed by atoms with Crippen molar-refractivity contribution >= 4 is 23.9 Å². The molecule has 0 spiro atoms. The van der Waals surface area contributed by atoms with Gasteiger partial charge in [0, 0.05) is 18.9 Å². The van der Waals surface area contributed by atoms with Crippen molar-refractivity contribution in [2.75, 3.05) is 13.2 Å². The summed E-state index contributed by atoms with van der Waals surface area (Å²) in [4.78, 5) is 39.0. The number of benzene rings is 1. The molecule has 0 bridgehead atoms. The molecule has 1 aliphatic carbocycles. The number of aliphatic hydroxyl groups excluding tert-OH is 2. The lowest BCUT2D eigenvalue weighted by molar-refractivity contribution is -0.141. The predicted octanol–water partition coefficient (Wildman–Crippen LogP) is 5.69. The summed E-state index contributed by atoms with van der Waals surface area (Å²) in [7, 11) is 0. The molecule has 4 N–H and O–H groups in total. The zero-order chi connectivity index (χ0) is 31.0. The van der Waals surface area contributed by atoms with Gasteiger partial charge in [0.2, 0.25) is 11.8 Å². The molecule has 2 amide bonds. The fraction of sp³-hybridized carbons (Fsp3) is 0.618. The monoisotopic (exact) mass is 583 g/mol. The third-order valence-corrected chi connectivity index (χ3v) is 8.85. The van der Waals surface area contributed by atoms with Gasteiger partial charge in [-0.05, 0) is 93.2 Å². The van der Waals surface area contributed by atoms with Crippen molar-refractivity contribution in [1.82, 2.24) is 4.90 Å². The van der Waals surface area contributed by atoms with Crippen LogP contribution in [0, 0.1) is 31.6 Å². The first-order chi connectivity index (χ1) is 20.0. The highest BCUT2D eigenvalue weighted by molar-refractivity contribution is 6.05. The van der Waals surface area contributed by atoms with Gasteiger partial charge in [0.15, 0.2) is 0 Å². The number of nitrogens with zero attached hydrogens (tertiary/aromatic N) is 1. The number of unbranched alkanes of at least 4 members (excludes halogenated alkanes) is 2. The summed E-state index contributed by atoms with van der Waals surface area (Å²) in [5.41, 5.74) is 5.56. The van der Waals surface area contributed by atoms with Crippen molar-refractivity contribution in [2.45, 2.75) is 104 Å². The second-order valence-electron chi connectivity index (χ2n) is 12.1. The zero-order valence-corrected chi connectivity index (χ0v) is 25.7. The van der Waals surface area contributed by atoms with Gasteiger partial charge in [0.25, 0.3) is 0 Å². The number of phenolic OH excluding ortho intramolecular Hbond substituents is 1. The molecule has 0 saturated carbocycles. The number of aliphatic carboxylic acids is 1. The summed E-state index contributed by atoms with van der Waals surface area (Å²) in [6.07, 6.45) is 7.90. The minimum absolute atomic E-state index is 0.0641. The van der Waals surface area contributed by atoms with Gasteiger partial charge in [0.1, 0.15) is 5.75 Å². The predicted molar refractivity (Wildman–Crippen MR) is 163 cm³/mol. The number of aromatic hydroxyl groups is 1. The average molecular weight is 584 g/mol. The summed E-state index contributed by atoms with van der Waals surface area (Å²) in [6.45, 7) is 7.87. The summed E-state index contributed by atoms with van der Waals surface area (Å²) in [6, 6.07) is 3.92. The number of carboxylic acids is 1. The van der Waals surface area contributed by atoms with Crippen LogP contribution < -0.4 is 0 Å². The Morgan fingerprint density at radius 2 is 1.71 bits per heavy atom. The Morgan fingerprint density at radius 3 is 2.31 bits per heavy atom. The van der Waals surface area contributed by atoms with E-state index in [0.29, 0.717) is 50.7 Å². The van der Waals surface area contributed by atoms with Crippen LogP contribution in [0.25, 0.3) is 6.08 Å². The molecule has 1 fully saturated rings. The van der Waals surface area contributed by atoms with Crippen LogP contribution in [-0.2, 0) is 14.4 Å². The van der Waals surface area contributed by atoms with Crippen LogP contribution in [0.2, 0.25) is 0 Å². The van der Waals surface area contributed by atoms with Crippen LogP contribution >= 0.6 is 0 Å². The zero-order valence-electron chi connectivity index (χ0n) is 25.7. The summed E-state index contributed by atoms with van der Waals surface area (Å²) >= 11 is 0. The number of hydrogen-bond donors (Lipinski definition) is 4. The second kappa shape index (κ2) is 15.5. The lowest BCUT2D eigenvalue weighted by Gasteiger charge is -2.36. The van der Waals surface area contributed by atoms with Gasteiger partial charge in [-0.15, -0.1) is 0 Å². The smallest absolute Gasteiger partial charge is 0.303 e. The van der Waals surface area contributed by atoms with Crippen LogP contribution in [0.5, 0.6) is 5.75 Å². The van der Waals surface area contributed by atoms with E-state index in [4.69, 9.17) is 5.11 Å². The molecule has 8 heteroatoms. The number of likely N-dealkylation sites (tertiary alicyclic amines) is 1. The lowest BCUT2D eigenvalue weighted by atomic mass is 9.67. The maximum absolute atomic E-state index is 13.5. The molecule has 0 radical (unpaired) electrons. The van der Waals surface area contributed by atoms with Crippen LogP contribution in [0.1, 0.15) is 101 Å². The number of hydrogen-bond acceptors (Lipinski definition) is 6. The van der Waals surface area contributed by atoms with Crippen molar-refractivity contribution in [1.29, 1.82) is 0 Å². The fourth-order valence-electron chi connectivity index (χ4n) is 6.88. The standard InChI is InChI=1S/C34H49NO7/c1-5-10-23(18-24-16-21(3)32(40)22(4)17-24)13-14-28(37)30-25(11-6-2)19-26-31(27(30)20-36)34(42)35(33(26)41)15-9-7-8-12-29(38)39/h16-18,26-28,31,36-37,40H,5-15,19-20H2,1-4H3,(H,38,39)/b23-18+/t26-,27+,28-,31-/m1/s1. The van der Waals surface area contributed by atoms with Crippen LogP contribution in [0.4, 0.5) is 0 Å². The van der Waals surface area contributed by atoms with Crippen molar-refractivity contribution < 1.29 is 34.8 Å². The molecule has 0 unspecified atom stereocenters. The Morgan fingerprint density at radius 1 is 1.02 bits per heavy atom. The van der Waals surface area contributed by atoms with E-state index in [1.54, 1.807) is 0 Å². The average Bonchev–Trinajstić information content (AvgIpc) is 3.18. The summed E-state index contributed by atoms with van der Waals surface area (Å²) in [5.74, 6) is -2.86. The highest BCUT2D eigenvalue weighted by Crippen LogP contribution is 2.47. The van der Waals surface area contributed by atoms with E-state index in [1.807, 2.05) is 32.9 Å². The molecule has 1 aromatic rings. The van der Waals surface area contributed by atoms with Gasteiger partial charge in [-0.2, -0.15) is 0 Å². The molecule has 2 aliphatic rings. The quantitative estimate of drug-likeness (QED) is 0.112. The van der Waals surface area contributed by atoms with E-state index < -0.39 is 29.8 Å². The Kier molecular flexibility index (Phi) is 12.4. The normalized spacial score (nSPS) is 21.7. The number of phenols is 1. The number of amides is 2. The van der Waals surface area contributed by atoms with Gasteiger partial charge in [-0.25, -0.2) is 0 Å². The van der Waals surface area contributed by atoms with Crippen molar-refractivity contribution in [3.63, 3.8) is 0 Å². The molecule has 42 heavy (non-hydrogen) atoms. The van der Waals surface area contributed by atoms with Gasteiger partial charge < -0.3 is 20.4 Å². The fourth-order valence-corrected chi connectivity index (χ4v) is 6.88. The Labute approximate surface area is 250 Å². The molecular weight excluding hydrogens is 534 g/mol. The molecule has 232 valence electrons. The summed E-state index contributed by atoms with van der Waals surface area (Å²) in [5, 5.41) is 41.1. The summed E-state index contributed by atoms with van der Waals surface area (Å²) < 4.78 is 0. The number of allylic oxidation sites excluding steroid dienone is 2. The second-order valence-corrected chi connectivity index (χ2v) is 12.1. The van der Waals surface area contributed by atoms with E-state index in [0.717, 1.165) is 47.1 Å². The Bertz CT molecular complexity index is 1180. The maximum atomic E-state index is 13.5. The van der Waals surface area contributed by atoms with Gasteiger partial charge >= 0.3 is 5.97 Å². The highest BCUT2D eigenvalue weighted by atomic mass is 16.4. The van der Waals surface area contributed by atoms with Crippen molar-refractivity contribution in [3.8, 4) is 5.75 Å². The molecule has 1 saturated heterocycles. The van der Waals surface area contributed by atoms with Crippen LogP contribution in [0.3, 0.4) is 0 Å². The molecule has 1 aromatic carbocycles. The first-order valence-corrected chi connectivity index (χ1v) is 15.6. The molecule has 1 heterocycles. The van der Waals surface area contributed by atoms with E-state index in [9.17, 15) is 29.7 Å². The first-order valence-electron chi connectivity index (χ1n) is 15.6. The van der Waals surface area contributed by atoms with Gasteiger partial charge in [0.05, 0.1) is 24.5 Å². The Balaban J connectivity index is 1.79. The SMILES string of the molecule is CCCC1=C([C@H](O)CC/C(=C/c2cc(C)c(O)c(C)c2)CCC)[C@H](CO)[C@@H]2C(=O)N(CCCCCC(=O)O)C(=O)[C@@H]2C1. The van der Waals surface area contributed by atoms with Crippen LogP contribution in [0.15, 0.2) is 28.9 Å². The molecular formula is C34H49NO7. The number of fused-ring (bicyclic) bond motifs is 1. The third kappa shape index (κ3) is 7.90. The van der Waals surface area contributed by atoms with Crippen LogP contribution in [-0.4, -0.2) is 62.4 Å². The van der Waals surface area contributed by atoms with E-state index >= 15 is 0 Å². The van der Waals surface area contributed by atoms with E-state index in [-0.39, 0.29) is 31.4 Å². The van der Waals surface area contributed by atoms with Gasteiger partial charge in [-0.1, -0.05) is 50.3 Å². The minimum atomic E-state index is -0.858. The number of rotatable bonds is 16. The molecule has 1 aliphatic heterocycles. The molecule has 3 rings (SSSR count). The number of carbonyl (C=O) groups is 3. The highest BCUT2D eigenvalue weighted by Gasteiger charge is 2.54. The van der Waals surface area contributed by atoms with Crippen molar-refractivity contribution in [2.24, 2.45) is 17.8 Å². The first kappa shape index (κ1) is 33.5. The topological polar surface area (TPSA) is 135 Å². The number of aliphatic hydroxyl groups is 2. The molecule has 8 nitrogen and oxygen atoms in total. The number of carboxylic acid groups (broad SMARTS) is 1. The lowest BCUT2D eigenvalue weighted by Crippen LogP contribution is -2.39. The largest absolute Gasteiger partial charge is 0.507 e. The third-order valence-electron chi connectivity index (χ3n) is 8.85. The number of carbonyl (C=O) groups excluding carboxylic acids is 2. The molecule has 4 atom stereocenters. The van der Waals surface area contributed by atoms with Gasteiger partial charge in [-0.3, -0.25) is 19.3 Å².